The van der Waals surface area contributed by atoms with Gasteiger partial charge < -0.3 is 10.6 Å². The van der Waals surface area contributed by atoms with E-state index in [4.69, 9.17) is 5.73 Å². The minimum absolute atomic E-state index is 0.216. The Bertz CT molecular complexity index is 1170. The molecule has 3 aromatic heterocycles. The van der Waals surface area contributed by atoms with E-state index in [0.717, 1.165) is 63.0 Å². The van der Waals surface area contributed by atoms with Crippen molar-refractivity contribution in [2.45, 2.75) is 33.1 Å². The quantitative estimate of drug-likeness (QED) is 0.492. The Morgan fingerprint density at radius 2 is 2.10 bits per heavy atom. The zero-order chi connectivity index (χ0) is 22.1. The number of pyridine rings is 1. The standard InChI is InChI=1S/C23H26BrN5OS/c1-4-21(30)28-8-5-16(6-9-28)14(2)22(24)23(25)29-15(3)18(13-27-29)17-11-20-19(26-12-17)7-10-31-20/h7,10-13,16H,2,4-6,8-9,25H2,1,3H3/b23-22+. The van der Waals surface area contributed by atoms with Crippen molar-refractivity contribution < 1.29 is 4.79 Å². The van der Waals surface area contributed by atoms with Crippen molar-refractivity contribution in [3.05, 3.63) is 52.2 Å². The molecule has 1 aliphatic heterocycles. The second kappa shape index (κ2) is 8.96. The number of thiophene rings is 1. The van der Waals surface area contributed by atoms with Crippen LogP contribution in [0, 0.1) is 12.8 Å². The van der Waals surface area contributed by atoms with E-state index in [9.17, 15) is 4.79 Å². The van der Waals surface area contributed by atoms with Crippen molar-refractivity contribution in [3.8, 4) is 11.1 Å². The first kappa shape index (κ1) is 21.8. The van der Waals surface area contributed by atoms with E-state index >= 15 is 0 Å². The molecule has 0 atom stereocenters. The van der Waals surface area contributed by atoms with Crippen LogP contribution in [0.15, 0.2) is 46.5 Å². The summed E-state index contributed by atoms with van der Waals surface area (Å²) in [6, 6.07) is 4.16. The molecule has 0 spiro atoms. The maximum Gasteiger partial charge on any atom is 0.222 e. The molecule has 0 saturated carbocycles. The van der Waals surface area contributed by atoms with E-state index in [1.165, 1.54) is 0 Å². The molecule has 0 bridgehead atoms. The zero-order valence-electron chi connectivity index (χ0n) is 17.8. The van der Waals surface area contributed by atoms with Gasteiger partial charge in [-0.2, -0.15) is 5.10 Å². The Hall–Kier alpha value is -2.45. The Balaban J connectivity index is 1.55. The summed E-state index contributed by atoms with van der Waals surface area (Å²) in [5, 5.41) is 6.59. The van der Waals surface area contributed by atoms with Gasteiger partial charge in [-0.05, 0) is 64.7 Å². The molecule has 0 aliphatic carbocycles. The molecule has 8 heteroatoms. The van der Waals surface area contributed by atoms with Crippen LogP contribution in [0.2, 0.25) is 0 Å². The molecule has 4 heterocycles. The van der Waals surface area contributed by atoms with Gasteiger partial charge in [0.2, 0.25) is 5.91 Å². The number of nitrogens with zero attached hydrogens (tertiary/aromatic N) is 4. The lowest BCUT2D eigenvalue weighted by Gasteiger charge is -2.33. The number of fused-ring (bicyclic) bond motifs is 1. The molecular formula is C23H26BrN5OS. The molecule has 1 aliphatic rings. The summed E-state index contributed by atoms with van der Waals surface area (Å²) in [4.78, 5) is 18.4. The van der Waals surface area contributed by atoms with E-state index in [0.29, 0.717) is 12.2 Å². The number of nitrogens with two attached hydrogens (primary N) is 1. The van der Waals surface area contributed by atoms with Gasteiger partial charge >= 0.3 is 0 Å². The zero-order valence-corrected chi connectivity index (χ0v) is 20.2. The number of carbonyl (C=O) groups excluding carboxylic acids is 1. The van der Waals surface area contributed by atoms with Crippen LogP contribution >= 0.6 is 27.3 Å². The van der Waals surface area contributed by atoms with Crippen LogP contribution in [0.4, 0.5) is 0 Å². The molecule has 0 radical (unpaired) electrons. The molecule has 0 aromatic carbocycles. The number of allylic oxidation sites excluding steroid dienone is 2. The first-order valence-corrected chi connectivity index (χ1v) is 12.1. The Morgan fingerprint density at radius 3 is 2.81 bits per heavy atom. The fraction of sp³-hybridized carbons (Fsp3) is 0.348. The smallest absolute Gasteiger partial charge is 0.222 e. The number of amides is 1. The van der Waals surface area contributed by atoms with Gasteiger partial charge in [-0.25, -0.2) is 4.68 Å². The van der Waals surface area contributed by atoms with Crippen molar-refractivity contribution in [2.24, 2.45) is 11.7 Å². The van der Waals surface area contributed by atoms with Gasteiger partial charge in [0.25, 0.3) is 0 Å². The number of carbonyl (C=O) groups is 1. The summed E-state index contributed by atoms with van der Waals surface area (Å²) in [6.07, 6.45) is 6.04. The summed E-state index contributed by atoms with van der Waals surface area (Å²) < 4.78 is 3.67. The lowest BCUT2D eigenvalue weighted by Crippen LogP contribution is -2.38. The third-order valence-corrected chi connectivity index (χ3v) is 7.77. The molecule has 1 fully saturated rings. The fourth-order valence-corrected chi connectivity index (χ4v) is 5.34. The number of likely N-dealkylation sites (tertiary alicyclic amines) is 1. The average molecular weight is 500 g/mol. The van der Waals surface area contributed by atoms with Crippen LogP contribution < -0.4 is 5.73 Å². The minimum atomic E-state index is 0.216. The Kier molecular flexibility index (Phi) is 6.29. The third-order valence-electron chi connectivity index (χ3n) is 6.00. The van der Waals surface area contributed by atoms with Gasteiger partial charge in [-0.1, -0.05) is 13.5 Å². The van der Waals surface area contributed by atoms with E-state index < -0.39 is 0 Å². The normalized spacial score (nSPS) is 15.9. The maximum absolute atomic E-state index is 11.9. The number of hydrogen-bond acceptors (Lipinski definition) is 5. The summed E-state index contributed by atoms with van der Waals surface area (Å²) in [6.45, 7) is 9.74. The second-order valence-electron chi connectivity index (χ2n) is 7.82. The lowest BCUT2D eigenvalue weighted by molar-refractivity contribution is -0.132. The first-order chi connectivity index (χ1) is 14.9. The van der Waals surface area contributed by atoms with Crippen LogP contribution in [0.5, 0.6) is 0 Å². The SMILES string of the molecule is C=C(/C(Br)=C(/N)n1ncc(-c2cnc3ccsc3c2)c1C)C1CCN(C(=O)CC)CC1. The molecule has 31 heavy (non-hydrogen) atoms. The highest BCUT2D eigenvalue weighted by molar-refractivity contribution is 9.12. The molecule has 6 nitrogen and oxygen atoms in total. The van der Waals surface area contributed by atoms with Gasteiger partial charge in [-0.3, -0.25) is 9.78 Å². The lowest BCUT2D eigenvalue weighted by atomic mass is 9.89. The van der Waals surface area contributed by atoms with Gasteiger partial charge in [0.1, 0.15) is 5.82 Å². The fourth-order valence-electron chi connectivity index (χ4n) is 4.07. The summed E-state index contributed by atoms with van der Waals surface area (Å²) in [5.41, 5.74) is 11.4. The van der Waals surface area contributed by atoms with E-state index in [1.54, 1.807) is 16.0 Å². The average Bonchev–Trinajstić information content (AvgIpc) is 3.42. The van der Waals surface area contributed by atoms with Gasteiger partial charge in [0.05, 0.1) is 26.6 Å². The van der Waals surface area contributed by atoms with Crippen LogP contribution in [0.3, 0.4) is 0 Å². The summed E-state index contributed by atoms with van der Waals surface area (Å²) >= 11 is 5.34. The van der Waals surface area contributed by atoms with Crippen molar-refractivity contribution >= 4 is 49.2 Å². The minimum Gasteiger partial charge on any atom is -0.383 e. The molecule has 4 rings (SSSR count). The second-order valence-corrected chi connectivity index (χ2v) is 9.56. The third kappa shape index (κ3) is 4.19. The van der Waals surface area contributed by atoms with Crippen LogP contribution in [0.1, 0.15) is 31.9 Å². The largest absolute Gasteiger partial charge is 0.383 e. The van der Waals surface area contributed by atoms with Crippen LogP contribution in [-0.2, 0) is 4.79 Å². The van der Waals surface area contributed by atoms with E-state index in [2.05, 4.69) is 38.7 Å². The molecule has 0 unspecified atom stereocenters. The number of aromatic nitrogens is 3. The van der Waals surface area contributed by atoms with Crippen molar-refractivity contribution in [2.75, 3.05) is 13.1 Å². The monoisotopic (exact) mass is 499 g/mol. The van der Waals surface area contributed by atoms with Crippen molar-refractivity contribution in [1.82, 2.24) is 19.7 Å². The summed E-state index contributed by atoms with van der Waals surface area (Å²) in [7, 11) is 0. The molecular weight excluding hydrogens is 474 g/mol. The highest BCUT2D eigenvalue weighted by Gasteiger charge is 2.26. The summed E-state index contributed by atoms with van der Waals surface area (Å²) in [5.74, 6) is 1.02. The number of hydrogen-bond donors (Lipinski definition) is 1. The van der Waals surface area contributed by atoms with Gasteiger partial charge in [0, 0.05) is 36.8 Å². The predicted molar refractivity (Wildman–Crippen MR) is 131 cm³/mol. The predicted octanol–water partition coefficient (Wildman–Crippen LogP) is 5.15. The van der Waals surface area contributed by atoms with Crippen molar-refractivity contribution in [1.29, 1.82) is 0 Å². The topological polar surface area (TPSA) is 77.0 Å². The van der Waals surface area contributed by atoms with E-state index in [-0.39, 0.29) is 11.8 Å². The molecule has 2 N–H and O–H groups in total. The van der Waals surface area contributed by atoms with E-state index in [1.807, 2.05) is 42.6 Å². The highest BCUT2D eigenvalue weighted by atomic mass is 79.9. The van der Waals surface area contributed by atoms with Gasteiger partial charge in [0.15, 0.2) is 0 Å². The molecule has 3 aromatic rings. The number of rotatable bonds is 5. The van der Waals surface area contributed by atoms with Crippen LogP contribution in [-0.4, -0.2) is 38.7 Å². The maximum atomic E-state index is 11.9. The highest BCUT2D eigenvalue weighted by Crippen LogP contribution is 2.34. The first-order valence-electron chi connectivity index (χ1n) is 10.4. The van der Waals surface area contributed by atoms with Gasteiger partial charge in [-0.15, -0.1) is 11.3 Å². The molecule has 1 saturated heterocycles. The number of piperidine rings is 1. The Morgan fingerprint density at radius 1 is 1.35 bits per heavy atom. The van der Waals surface area contributed by atoms with Crippen LogP contribution in [0.25, 0.3) is 27.2 Å². The van der Waals surface area contributed by atoms with Crippen molar-refractivity contribution in [3.63, 3.8) is 0 Å². The molecule has 162 valence electrons. The molecule has 1 amide bonds. The number of halogens is 1. The Labute approximate surface area is 194 Å².